The van der Waals surface area contributed by atoms with Crippen molar-refractivity contribution < 1.29 is 0 Å². The zero-order valence-electron chi connectivity index (χ0n) is 11.4. The van der Waals surface area contributed by atoms with Gasteiger partial charge in [0.2, 0.25) is 0 Å². The van der Waals surface area contributed by atoms with Crippen molar-refractivity contribution in [3.8, 4) is 5.69 Å². The number of aromatic nitrogens is 1. The van der Waals surface area contributed by atoms with Crippen molar-refractivity contribution in [2.75, 3.05) is 6.54 Å². The number of pyridine rings is 1. The fourth-order valence-electron chi connectivity index (χ4n) is 2.57. The highest BCUT2D eigenvalue weighted by Crippen LogP contribution is 2.22. The summed E-state index contributed by atoms with van der Waals surface area (Å²) in [5.41, 5.74) is 7.30. The fraction of sp³-hybridized carbons (Fsp3) is 0.118. The molecule has 0 fully saturated rings. The molecule has 3 nitrogen and oxygen atoms in total. The predicted molar refractivity (Wildman–Crippen MR) is 87.3 cm³/mol. The van der Waals surface area contributed by atoms with Gasteiger partial charge >= 0.3 is 0 Å². The molecular formula is C17H15ClN2O. The molecule has 0 bridgehead atoms. The summed E-state index contributed by atoms with van der Waals surface area (Å²) < 4.78 is 1.70. The second-order valence-electron chi connectivity index (χ2n) is 4.85. The molecule has 1 aromatic heterocycles. The first-order chi connectivity index (χ1) is 10.2. The number of nitrogens with two attached hydrogens (primary N) is 1. The zero-order valence-corrected chi connectivity index (χ0v) is 12.2. The third kappa shape index (κ3) is 2.46. The van der Waals surface area contributed by atoms with E-state index >= 15 is 0 Å². The molecule has 4 heteroatoms. The fourth-order valence-corrected chi connectivity index (χ4v) is 2.83. The minimum atomic E-state index is -0.104. The molecule has 21 heavy (non-hydrogen) atoms. The van der Waals surface area contributed by atoms with E-state index in [0.29, 0.717) is 23.4 Å². The Balaban J connectivity index is 2.41. The van der Waals surface area contributed by atoms with E-state index in [2.05, 4.69) is 0 Å². The second kappa shape index (κ2) is 5.72. The normalized spacial score (nSPS) is 11.0. The molecule has 0 atom stereocenters. The highest BCUT2D eigenvalue weighted by Gasteiger charge is 2.12. The summed E-state index contributed by atoms with van der Waals surface area (Å²) >= 11 is 6.21. The summed E-state index contributed by atoms with van der Waals surface area (Å²) in [4.78, 5) is 12.9. The maximum atomic E-state index is 12.9. The highest BCUT2D eigenvalue weighted by atomic mass is 35.5. The maximum Gasteiger partial charge on any atom is 0.264 e. The molecule has 0 saturated heterocycles. The molecule has 0 spiro atoms. The molecule has 0 radical (unpaired) electrons. The van der Waals surface area contributed by atoms with Crippen LogP contribution in [0.1, 0.15) is 5.69 Å². The van der Waals surface area contributed by atoms with Gasteiger partial charge < -0.3 is 5.73 Å². The number of fused-ring (bicyclic) bond motifs is 1. The molecule has 0 aliphatic carbocycles. The Kier molecular flexibility index (Phi) is 3.78. The molecule has 2 aromatic carbocycles. The van der Waals surface area contributed by atoms with Gasteiger partial charge in [-0.3, -0.25) is 9.36 Å². The Hall–Kier alpha value is -2.10. The molecule has 1 heterocycles. The van der Waals surface area contributed by atoms with Crippen LogP contribution in [0.4, 0.5) is 0 Å². The molecule has 3 aromatic rings. The lowest BCUT2D eigenvalue weighted by Gasteiger charge is -2.14. The van der Waals surface area contributed by atoms with Gasteiger partial charge in [0, 0.05) is 17.8 Å². The van der Waals surface area contributed by atoms with Gasteiger partial charge in [-0.05, 0) is 36.2 Å². The molecular weight excluding hydrogens is 284 g/mol. The van der Waals surface area contributed by atoms with Crippen LogP contribution in [0.3, 0.4) is 0 Å². The number of hydrogen-bond donors (Lipinski definition) is 1. The van der Waals surface area contributed by atoms with Crippen molar-refractivity contribution in [1.29, 1.82) is 0 Å². The largest absolute Gasteiger partial charge is 0.330 e. The Morgan fingerprint density at radius 1 is 1.05 bits per heavy atom. The lowest BCUT2D eigenvalue weighted by molar-refractivity contribution is 0.843. The van der Waals surface area contributed by atoms with E-state index in [0.717, 1.165) is 16.8 Å². The molecule has 2 N–H and O–H groups in total. The maximum absolute atomic E-state index is 12.9. The molecule has 0 amide bonds. The predicted octanol–water partition coefficient (Wildman–Crippen LogP) is 3.15. The van der Waals surface area contributed by atoms with Crippen molar-refractivity contribution >= 4 is 22.4 Å². The number of halogens is 1. The third-order valence-corrected chi connectivity index (χ3v) is 3.80. The number of para-hydroxylation sites is 1. The van der Waals surface area contributed by atoms with Crippen LogP contribution in [0.25, 0.3) is 16.5 Å². The van der Waals surface area contributed by atoms with Gasteiger partial charge in [-0.2, -0.15) is 0 Å². The molecule has 106 valence electrons. The topological polar surface area (TPSA) is 48.0 Å². The van der Waals surface area contributed by atoms with E-state index in [1.807, 2.05) is 48.5 Å². The van der Waals surface area contributed by atoms with Crippen molar-refractivity contribution in [2.24, 2.45) is 5.73 Å². The van der Waals surface area contributed by atoms with Crippen LogP contribution in [0, 0.1) is 0 Å². The summed E-state index contributed by atoms with van der Waals surface area (Å²) in [6, 6.07) is 17.0. The van der Waals surface area contributed by atoms with E-state index in [1.54, 1.807) is 10.6 Å². The lowest BCUT2D eigenvalue weighted by Crippen LogP contribution is -2.23. The zero-order chi connectivity index (χ0) is 14.8. The van der Waals surface area contributed by atoms with E-state index in [4.69, 9.17) is 17.3 Å². The SMILES string of the molecule is NCCc1cc2cccc(Cl)c2c(=O)n1-c1ccccc1. The summed E-state index contributed by atoms with van der Waals surface area (Å²) in [5.74, 6) is 0. The summed E-state index contributed by atoms with van der Waals surface area (Å²) in [6.07, 6.45) is 0.632. The molecule has 0 aliphatic rings. The second-order valence-corrected chi connectivity index (χ2v) is 5.26. The van der Waals surface area contributed by atoms with Crippen molar-refractivity contribution in [3.63, 3.8) is 0 Å². The van der Waals surface area contributed by atoms with E-state index in [1.165, 1.54) is 0 Å². The first kappa shape index (κ1) is 13.9. The van der Waals surface area contributed by atoms with Gasteiger partial charge in [-0.25, -0.2) is 0 Å². The van der Waals surface area contributed by atoms with Crippen LogP contribution in [0.2, 0.25) is 5.02 Å². The van der Waals surface area contributed by atoms with Crippen molar-refractivity contribution in [2.45, 2.75) is 6.42 Å². The number of rotatable bonds is 3. The Morgan fingerprint density at radius 3 is 2.52 bits per heavy atom. The first-order valence-corrected chi connectivity index (χ1v) is 7.19. The van der Waals surface area contributed by atoms with Gasteiger partial charge in [0.15, 0.2) is 0 Å². The number of nitrogens with zero attached hydrogens (tertiary/aromatic N) is 1. The third-order valence-electron chi connectivity index (χ3n) is 3.49. The smallest absolute Gasteiger partial charge is 0.264 e. The van der Waals surface area contributed by atoms with Gasteiger partial charge in [0.25, 0.3) is 5.56 Å². The monoisotopic (exact) mass is 298 g/mol. The molecule has 0 unspecified atom stereocenters. The average molecular weight is 299 g/mol. The minimum Gasteiger partial charge on any atom is -0.330 e. The van der Waals surface area contributed by atoms with Gasteiger partial charge in [0.1, 0.15) is 0 Å². The molecule has 0 saturated carbocycles. The first-order valence-electron chi connectivity index (χ1n) is 6.81. The van der Waals surface area contributed by atoms with Crippen LogP contribution in [0.5, 0.6) is 0 Å². The van der Waals surface area contributed by atoms with Crippen molar-refractivity contribution in [1.82, 2.24) is 4.57 Å². The standard InChI is InChI=1S/C17H15ClN2O/c18-15-8-4-5-12-11-14(9-10-19)20(17(21)16(12)15)13-6-2-1-3-7-13/h1-8,11H,9-10,19H2. The van der Waals surface area contributed by atoms with Crippen molar-refractivity contribution in [3.05, 3.63) is 75.7 Å². The summed E-state index contributed by atoms with van der Waals surface area (Å²) in [7, 11) is 0. The minimum absolute atomic E-state index is 0.104. The van der Waals surface area contributed by atoms with Gasteiger partial charge in [0.05, 0.1) is 10.4 Å². The van der Waals surface area contributed by atoms with Gasteiger partial charge in [-0.15, -0.1) is 0 Å². The van der Waals surface area contributed by atoms with Gasteiger partial charge in [-0.1, -0.05) is 41.9 Å². The molecule has 0 aliphatic heterocycles. The molecule has 3 rings (SSSR count). The number of hydrogen-bond acceptors (Lipinski definition) is 2. The quantitative estimate of drug-likeness (QED) is 0.807. The van der Waals surface area contributed by atoms with E-state index < -0.39 is 0 Å². The lowest BCUT2D eigenvalue weighted by atomic mass is 10.1. The Labute approximate surface area is 127 Å². The Bertz CT molecular complexity index is 841. The summed E-state index contributed by atoms with van der Waals surface area (Å²) in [6.45, 7) is 0.484. The average Bonchev–Trinajstić information content (AvgIpc) is 2.48. The van der Waals surface area contributed by atoms with Crippen LogP contribution in [-0.4, -0.2) is 11.1 Å². The van der Waals surface area contributed by atoms with Crippen LogP contribution in [0.15, 0.2) is 59.4 Å². The number of benzene rings is 2. The van der Waals surface area contributed by atoms with Crippen LogP contribution >= 0.6 is 11.6 Å². The Morgan fingerprint density at radius 2 is 1.81 bits per heavy atom. The van der Waals surface area contributed by atoms with E-state index in [-0.39, 0.29) is 5.56 Å². The summed E-state index contributed by atoms with van der Waals surface area (Å²) in [5, 5.41) is 1.87. The highest BCUT2D eigenvalue weighted by molar-refractivity contribution is 6.35. The van der Waals surface area contributed by atoms with E-state index in [9.17, 15) is 4.79 Å². The van der Waals surface area contributed by atoms with Crippen LogP contribution < -0.4 is 11.3 Å². The van der Waals surface area contributed by atoms with Crippen LogP contribution in [-0.2, 0) is 6.42 Å².